The molecule has 0 aliphatic heterocycles. The van der Waals surface area contributed by atoms with E-state index in [9.17, 15) is 9.59 Å². The molecule has 1 aliphatic carbocycles. The van der Waals surface area contributed by atoms with E-state index < -0.39 is 6.09 Å². The second-order valence-electron chi connectivity index (χ2n) is 8.54. The largest absolute Gasteiger partial charge is 0.448 e. The number of aldehydes is 1. The molecule has 0 saturated carbocycles. The van der Waals surface area contributed by atoms with Crippen LogP contribution < -0.4 is 4.90 Å². The van der Waals surface area contributed by atoms with Gasteiger partial charge in [0.2, 0.25) is 0 Å². The SMILES string of the molecule is O=Cc1ccc(N(CCc2ccc(Cl)cc2)C(=O)OCC2c3ccccc3-c3ccccc32)cc1. The standard InChI is InChI=1S/C30H24ClNO3/c31-23-13-9-21(10-14-23)17-18-32(24-15-11-22(19-33)12-16-24)30(34)35-20-29-27-7-3-1-5-25(27)26-6-2-4-8-28(26)29/h1-16,19,29H,17-18,20H2. The number of carbonyl (C=O) groups excluding carboxylic acids is 2. The van der Waals surface area contributed by atoms with E-state index in [-0.39, 0.29) is 12.5 Å². The molecule has 174 valence electrons. The van der Waals surface area contributed by atoms with Gasteiger partial charge in [-0.2, -0.15) is 0 Å². The zero-order valence-electron chi connectivity index (χ0n) is 19.1. The number of halogens is 1. The van der Waals surface area contributed by atoms with Gasteiger partial charge in [0.15, 0.2) is 0 Å². The minimum atomic E-state index is -0.417. The first kappa shape index (κ1) is 22.9. The van der Waals surface area contributed by atoms with Gasteiger partial charge >= 0.3 is 6.09 Å². The van der Waals surface area contributed by atoms with Crippen LogP contribution in [-0.4, -0.2) is 25.5 Å². The predicted octanol–water partition coefficient (Wildman–Crippen LogP) is 7.15. The van der Waals surface area contributed by atoms with E-state index in [4.69, 9.17) is 16.3 Å². The van der Waals surface area contributed by atoms with Gasteiger partial charge in [-0.25, -0.2) is 4.79 Å². The lowest BCUT2D eigenvalue weighted by atomic mass is 9.98. The molecule has 0 heterocycles. The predicted molar refractivity (Wildman–Crippen MR) is 139 cm³/mol. The van der Waals surface area contributed by atoms with Crippen LogP contribution in [0, 0.1) is 0 Å². The molecule has 5 heteroatoms. The molecule has 35 heavy (non-hydrogen) atoms. The Labute approximate surface area is 209 Å². The highest BCUT2D eigenvalue weighted by Crippen LogP contribution is 2.44. The quantitative estimate of drug-likeness (QED) is 0.263. The summed E-state index contributed by atoms with van der Waals surface area (Å²) in [4.78, 5) is 26.1. The zero-order chi connectivity index (χ0) is 24.2. The van der Waals surface area contributed by atoms with Crippen molar-refractivity contribution >= 4 is 29.7 Å². The van der Waals surface area contributed by atoms with Crippen molar-refractivity contribution in [3.63, 3.8) is 0 Å². The molecule has 0 radical (unpaired) electrons. The van der Waals surface area contributed by atoms with Crippen LogP contribution in [0.5, 0.6) is 0 Å². The molecule has 4 aromatic rings. The molecule has 4 aromatic carbocycles. The molecule has 0 N–H and O–H groups in total. The number of rotatable bonds is 7. The molecule has 0 spiro atoms. The van der Waals surface area contributed by atoms with Gasteiger partial charge < -0.3 is 4.74 Å². The molecule has 5 rings (SSSR count). The molecule has 0 unspecified atom stereocenters. The van der Waals surface area contributed by atoms with Crippen molar-refractivity contribution in [2.24, 2.45) is 0 Å². The number of fused-ring (bicyclic) bond motifs is 3. The van der Waals surface area contributed by atoms with Crippen LogP contribution in [0.15, 0.2) is 97.1 Å². The Morgan fingerprint density at radius 1 is 0.829 bits per heavy atom. The Bertz CT molecular complexity index is 1300. The number of hydrogen-bond donors (Lipinski definition) is 0. The number of benzene rings is 4. The van der Waals surface area contributed by atoms with E-state index in [1.54, 1.807) is 29.2 Å². The minimum Gasteiger partial charge on any atom is -0.448 e. The van der Waals surface area contributed by atoms with Gasteiger partial charge in [0.1, 0.15) is 12.9 Å². The fourth-order valence-corrected chi connectivity index (χ4v) is 4.75. The van der Waals surface area contributed by atoms with Crippen molar-refractivity contribution in [1.82, 2.24) is 0 Å². The highest BCUT2D eigenvalue weighted by atomic mass is 35.5. The fourth-order valence-electron chi connectivity index (χ4n) is 4.62. The second-order valence-corrected chi connectivity index (χ2v) is 8.98. The summed E-state index contributed by atoms with van der Waals surface area (Å²) in [5, 5.41) is 0.673. The Morgan fingerprint density at radius 2 is 1.43 bits per heavy atom. The topological polar surface area (TPSA) is 46.6 Å². The van der Waals surface area contributed by atoms with E-state index in [1.165, 1.54) is 22.3 Å². The smallest absolute Gasteiger partial charge is 0.414 e. The Hall–Kier alpha value is -3.89. The molecule has 0 fully saturated rings. The Morgan fingerprint density at radius 3 is 2.03 bits per heavy atom. The summed E-state index contributed by atoms with van der Waals surface area (Å²) < 4.78 is 5.92. The molecule has 0 aromatic heterocycles. The van der Waals surface area contributed by atoms with Crippen LogP contribution >= 0.6 is 11.6 Å². The highest BCUT2D eigenvalue weighted by molar-refractivity contribution is 6.30. The summed E-state index contributed by atoms with van der Waals surface area (Å²) in [6, 6.07) is 31.1. The molecule has 0 atom stereocenters. The summed E-state index contributed by atoms with van der Waals surface area (Å²) >= 11 is 6.01. The number of carbonyl (C=O) groups is 2. The van der Waals surface area contributed by atoms with Crippen LogP contribution in [0.2, 0.25) is 5.02 Å². The molecular formula is C30H24ClNO3. The zero-order valence-corrected chi connectivity index (χ0v) is 19.8. The van der Waals surface area contributed by atoms with E-state index in [0.29, 0.717) is 29.2 Å². The van der Waals surface area contributed by atoms with Crippen LogP contribution in [0.25, 0.3) is 11.1 Å². The van der Waals surface area contributed by atoms with E-state index in [0.717, 1.165) is 11.8 Å². The maximum atomic E-state index is 13.4. The molecule has 0 saturated heterocycles. The first-order valence-electron chi connectivity index (χ1n) is 11.6. The van der Waals surface area contributed by atoms with Gasteiger partial charge in [0.05, 0.1) is 0 Å². The summed E-state index contributed by atoms with van der Waals surface area (Å²) in [6.45, 7) is 0.676. The van der Waals surface area contributed by atoms with Crippen molar-refractivity contribution in [1.29, 1.82) is 0 Å². The maximum absolute atomic E-state index is 13.4. The highest BCUT2D eigenvalue weighted by Gasteiger charge is 2.30. The summed E-state index contributed by atoms with van der Waals surface area (Å²) in [6.07, 6.45) is 1.01. The minimum absolute atomic E-state index is 0.0121. The van der Waals surface area contributed by atoms with Crippen LogP contribution in [0.1, 0.15) is 33.0 Å². The van der Waals surface area contributed by atoms with Crippen molar-refractivity contribution in [3.05, 3.63) is 124 Å². The van der Waals surface area contributed by atoms with Crippen LogP contribution in [0.3, 0.4) is 0 Å². The van der Waals surface area contributed by atoms with Gasteiger partial charge in [0.25, 0.3) is 0 Å². The molecule has 4 nitrogen and oxygen atoms in total. The lowest BCUT2D eigenvalue weighted by molar-refractivity contribution is 0.112. The van der Waals surface area contributed by atoms with Gasteiger partial charge in [-0.3, -0.25) is 9.69 Å². The van der Waals surface area contributed by atoms with Crippen molar-refractivity contribution in [2.75, 3.05) is 18.1 Å². The summed E-state index contributed by atoms with van der Waals surface area (Å²) in [5.74, 6) is -0.0121. The third-order valence-electron chi connectivity index (χ3n) is 6.43. The van der Waals surface area contributed by atoms with Crippen LogP contribution in [-0.2, 0) is 11.2 Å². The van der Waals surface area contributed by atoms with E-state index >= 15 is 0 Å². The first-order valence-corrected chi connectivity index (χ1v) is 11.9. The summed E-state index contributed by atoms with van der Waals surface area (Å²) in [5.41, 5.74) is 7.02. The number of hydrogen-bond acceptors (Lipinski definition) is 3. The number of anilines is 1. The first-order chi connectivity index (χ1) is 17.1. The molecule has 0 bridgehead atoms. The van der Waals surface area contributed by atoms with Gasteiger partial charge in [-0.05, 0) is 70.6 Å². The van der Waals surface area contributed by atoms with Crippen molar-refractivity contribution in [3.8, 4) is 11.1 Å². The molecular weight excluding hydrogens is 458 g/mol. The maximum Gasteiger partial charge on any atom is 0.414 e. The average Bonchev–Trinajstić information content (AvgIpc) is 3.22. The Balaban J connectivity index is 1.36. The second kappa shape index (κ2) is 10.2. The van der Waals surface area contributed by atoms with Gasteiger partial charge in [-0.15, -0.1) is 0 Å². The molecule has 1 aliphatic rings. The monoisotopic (exact) mass is 481 g/mol. The number of amides is 1. The van der Waals surface area contributed by atoms with Crippen molar-refractivity contribution < 1.29 is 14.3 Å². The van der Waals surface area contributed by atoms with Gasteiger partial charge in [0, 0.05) is 28.7 Å². The van der Waals surface area contributed by atoms with Gasteiger partial charge in [-0.1, -0.05) is 72.3 Å². The van der Waals surface area contributed by atoms with E-state index in [1.807, 2.05) is 48.5 Å². The Kier molecular flexibility index (Phi) is 6.64. The third kappa shape index (κ3) is 4.84. The van der Waals surface area contributed by atoms with Crippen LogP contribution in [0.4, 0.5) is 10.5 Å². The van der Waals surface area contributed by atoms with Crippen molar-refractivity contribution in [2.45, 2.75) is 12.3 Å². The number of ether oxygens (including phenoxy) is 1. The normalized spacial score (nSPS) is 12.0. The average molecular weight is 482 g/mol. The lowest BCUT2D eigenvalue weighted by Gasteiger charge is -2.24. The molecule has 1 amide bonds. The third-order valence-corrected chi connectivity index (χ3v) is 6.69. The fraction of sp³-hybridized carbons (Fsp3) is 0.133. The number of nitrogens with zero attached hydrogens (tertiary/aromatic N) is 1. The lowest BCUT2D eigenvalue weighted by Crippen LogP contribution is -2.34. The summed E-state index contributed by atoms with van der Waals surface area (Å²) in [7, 11) is 0. The van der Waals surface area contributed by atoms with E-state index in [2.05, 4.69) is 24.3 Å².